The molecule has 1 aromatic carbocycles. The highest BCUT2D eigenvalue weighted by atomic mass is 16.5. The second-order valence-electron chi connectivity index (χ2n) is 7.33. The van der Waals surface area contributed by atoms with Crippen LogP contribution in [0.3, 0.4) is 0 Å². The number of hydrogen-bond acceptors (Lipinski definition) is 4. The van der Waals surface area contributed by atoms with E-state index in [2.05, 4.69) is 47.1 Å². The van der Waals surface area contributed by atoms with Gasteiger partial charge < -0.3 is 9.84 Å². The summed E-state index contributed by atoms with van der Waals surface area (Å²) in [6.45, 7) is 9.52. The Hall–Kier alpha value is -0.940. The van der Waals surface area contributed by atoms with Gasteiger partial charge in [0.05, 0.1) is 19.3 Å². The van der Waals surface area contributed by atoms with Crippen LogP contribution in [-0.4, -0.2) is 73.5 Å². The van der Waals surface area contributed by atoms with Crippen molar-refractivity contribution >= 4 is 0 Å². The molecular formula is C19H30N2O2. The molecule has 3 rings (SSSR count). The molecular weight excluding hydrogens is 288 g/mol. The lowest BCUT2D eigenvalue weighted by Crippen LogP contribution is -2.49. The van der Waals surface area contributed by atoms with Crippen molar-refractivity contribution in [3.05, 3.63) is 35.9 Å². The minimum absolute atomic E-state index is 0.207. The van der Waals surface area contributed by atoms with Gasteiger partial charge in [-0.15, -0.1) is 0 Å². The Morgan fingerprint density at radius 1 is 1.09 bits per heavy atom. The molecule has 2 heterocycles. The van der Waals surface area contributed by atoms with Crippen LogP contribution in [0.5, 0.6) is 0 Å². The lowest BCUT2D eigenvalue weighted by Gasteiger charge is -2.42. The lowest BCUT2D eigenvalue weighted by molar-refractivity contribution is 0.00251. The van der Waals surface area contributed by atoms with E-state index in [-0.39, 0.29) is 11.5 Å². The van der Waals surface area contributed by atoms with E-state index < -0.39 is 0 Å². The minimum Gasteiger partial charge on any atom is -0.390 e. The van der Waals surface area contributed by atoms with Crippen LogP contribution in [0.15, 0.2) is 30.3 Å². The quantitative estimate of drug-likeness (QED) is 0.897. The molecule has 0 amide bonds. The predicted octanol–water partition coefficient (Wildman–Crippen LogP) is 1.73. The summed E-state index contributed by atoms with van der Waals surface area (Å²) in [6.07, 6.45) is 2.16. The molecule has 0 spiro atoms. The monoisotopic (exact) mass is 318 g/mol. The number of piperidine rings is 1. The molecule has 128 valence electrons. The van der Waals surface area contributed by atoms with Gasteiger partial charge in [0.1, 0.15) is 0 Å². The van der Waals surface area contributed by atoms with E-state index in [9.17, 15) is 5.11 Å². The summed E-state index contributed by atoms with van der Waals surface area (Å²) in [5.74, 6) is 0. The van der Waals surface area contributed by atoms with E-state index in [1.165, 1.54) is 18.4 Å². The topological polar surface area (TPSA) is 35.9 Å². The Bertz CT molecular complexity index is 476. The molecule has 4 heteroatoms. The zero-order chi connectivity index (χ0) is 16.1. The van der Waals surface area contributed by atoms with E-state index in [0.29, 0.717) is 0 Å². The van der Waals surface area contributed by atoms with Gasteiger partial charge in [-0.25, -0.2) is 0 Å². The number of aliphatic hydroxyl groups excluding tert-OH is 1. The van der Waals surface area contributed by atoms with Crippen molar-refractivity contribution in [3.8, 4) is 0 Å². The Morgan fingerprint density at radius 2 is 1.78 bits per heavy atom. The van der Waals surface area contributed by atoms with Crippen molar-refractivity contribution < 1.29 is 9.84 Å². The van der Waals surface area contributed by atoms with Crippen molar-refractivity contribution in [2.24, 2.45) is 0 Å². The molecule has 0 aliphatic carbocycles. The Kier molecular flexibility index (Phi) is 5.70. The predicted molar refractivity (Wildman–Crippen MR) is 92.7 cm³/mol. The first-order valence-corrected chi connectivity index (χ1v) is 8.92. The van der Waals surface area contributed by atoms with Gasteiger partial charge in [-0.2, -0.15) is 0 Å². The molecule has 0 saturated carbocycles. The summed E-state index contributed by atoms with van der Waals surface area (Å²) >= 11 is 0. The van der Waals surface area contributed by atoms with Crippen molar-refractivity contribution in [1.82, 2.24) is 9.80 Å². The molecule has 0 aromatic heterocycles. The Morgan fingerprint density at radius 3 is 2.52 bits per heavy atom. The van der Waals surface area contributed by atoms with Crippen LogP contribution < -0.4 is 0 Å². The summed E-state index contributed by atoms with van der Waals surface area (Å²) in [7, 11) is 0. The third-order valence-corrected chi connectivity index (χ3v) is 5.29. The van der Waals surface area contributed by atoms with Crippen LogP contribution in [0.25, 0.3) is 0 Å². The number of nitrogens with zero attached hydrogens (tertiary/aromatic N) is 2. The maximum Gasteiger partial charge on any atom is 0.0793 e. The summed E-state index contributed by atoms with van der Waals surface area (Å²) < 4.78 is 5.37. The zero-order valence-corrected chi connectivity index (χ0v) is 14.3. The molecule has 2 atom stereocenters. The molecule has 1 aromatic rings. The molecule has 2 saturated heterocycles. The van der Waals surface area contributed by atoms with Crippen LogP contribution >= 0.6 is 0 Å². The van der Waals surface area contributed by atoms with Crippen LogP contribution in [-0.2, 0) is 10.2 Å². The maximum atomic E-state index is 10.5. The smallest absolute Gasteiger partial charge is 0.0793 e. The van der Waals surface area contributed by atoms with Gasteiger partial charge >= 0.3 is 0 Å². The molecule has 4 nitrogen and oxygen atoms in total. The maximum absolute atomic E-state index is 10.5. The number of rotatable bonds is 5. The van der Waals surface area contributed by atoms with E-state index in [1.54, 1.807) is 0 Å². The normalized spacial score (nSPS) is 28.6. The van der Waals surface area contributed by atoms with Crippen molar-refractivity contribution in [2.45, 2.75) is 31.3 Å². The van der Waals surface area contributed by atoms with Gasteiger partial charge in [0.2, 0.25) is 0 Å². The van der Waals surface area contributed by atoms with Crippen LogP contribution in [0.2, 0.25) is 0 Å². The molecule has 0 bridgehead atoms. The molecule has 23 heavy (non-hydrogen) atoms. The van der Waals surface area contributed by atoms with Crippen LogP contribution in [0, 0.1) is 0 Å². The molecule has 2 aliphatic heterocycles. The van der Waals surface area contributed by atoms with Gasteiger partial charge in [-0.05, 0) is 24.9 Å². The van der Waals surface area contributed by atoms with Crippen molar-refractivity contribution in [2.75, 3.05) is 52.5 Å². The summed E-state index contributed by atoms with van der Waals surface area (Å²) in [4.78, 5) is 4.76. The van der Waals surface area contributed by atoms with Gasteiger partial charge in [0.15, 0.2) is 0 Å². The third-order valence-electron chi connectivity index (χ3n) is 5.29. The van der Waals surface area contributed by atoms with Crippen LogP contribution in [0.4, 0.5) is 0 Å². The Balaban J connectivity index is 1.54. The fourth-order valence-electron chi connectivity index (χ4n) is 4.01. The zero-order valence-electron chi connectivity index (χ0n) is 14.3. The number of likely N-dealkylation sites (tertiary alicyclic amines) is 1. The standard InChI is InChI=1S/C19H30N2O2/c1-19(17-6-3-2-4-7-17)8-5-9-21(16-19)15-18(22)14-20-10-12-23-13-11-20/h2-4,6-7,18,22H,5,8-16H2,1H3/t18-,19+/m0/s1. The van der Waals surface area contributed by atoms with E-state index in [1.807, 2.05) is 0 Å². The lowest BCUT2D eigenvalue weighted by atomic mass is 9.76. The van der Waals surface area contributed by atoms with Gasteiger partial charge in [-0.3, -0.25) is 9.80 Å². The molecule has 2 fully saturated rings. The fourth-order valence-corrected chi connectivity index (χ4v) is 4.01. The second-order valence-corrected chi connectivity index (χ2v) is 7.33. The van der Waals surface area contributed by atoms with Gasteiger partial charge in [0.25, 0.3) is 0 Å². The second kappa shape index (κ2) is 7.75. The van der Waals surface area contributed by atoms with E-state index in [0.717, 1.165) is 52.5 Å². The van der Waals surface area contributed by atoms with E-state index >= 15 is 0 Å². The van der Waals surface area contributed by atoms with Crippen molar-refractivity contribution in [3.63, 3.8) is 0 Å². The molecule has 2 aliphatic rings. The molecule has 0 unspecified atom stereocenters. The summed E-state index contributed by atoms with van der Waals surface area (Å²) in [5.41, 5.74) is 1.63. The first-order chi connectivity index (χ1) is 11.2. The fraction of sp³-hybridized carbons (Fsp3) is 0.684. The third kappa shape index (κ3) is 4.54. The first kappa shape index (κ1) is 16.9. The van der Waals surface area contributed by atoms with Gasteiger partial charge in [0, 0.05) is 38.1 Å². The van der Waals surface area contributed by atoms with Crippen LogP contribution in [0.1, 0.15) is 25.3 Å². The van der Waals surface area contributed by atoms with Crippen molar-refractivity contribution in [1.29, 1.82) is 0 Å². The first-order valence-electron chi connectivity index (χ1n) is 8.92. The number of morpholine rings is 1. The summed E-state index contributed by atoms with van der Waals surface area (Å²) in [6, 6.07) is 10.8. The average Bonchev–Trinajstić information content (AvgIpc) is 2.56. The number of aliphatic hydroxyl groups is 1. The largest absolute Gasteiger partial charge is 0.390 e. The average molecular weight is 318 g/mol. The SMILES string of the molecule is C[C@@]1(c2ccccc2)CCCN(C[C@@H](O)CN2CCOCC2)C1. The minimum atomic E-state index is -0.272. The number of ether oxygens (including phenoxy) is 1. The highest BCUT2D eigenvalue weighted by Gasteiger charge is 2.33. The number of β-amino-alcohol motifs (C(OH)–C–C–N with tert-alkyl or cyclic N) is 1. The highest BCUT2D eigenvalue weighted by Crippen LogP contribution is 2.33. The Labute approximate surface area is 140 Å². The van der Waals surface area contributed by atoms with E-state index in [4.69, 9.17) is 4.74 Å². The van der Waals surface area contributed by atoms with Gasteiger partial charge in [-0.1, -0.05) is 37.3 Å². The highest BCUT2D eigenvalue weighted by molar-refractivity contribution is 5.25. The number of hydrogen-bond donors (Lipinski definition) is 1. The number of benzene rings is 1. The summed E-state index contributed by atoms with van der Waals surface area (Å²) in [5, 5.41) is 10.5. The molecule has 1 N–H and O–H groups in total. The molecule has 0 radical (unpaired) electrons.